The van der Waals surface area contributed by atoms with E-state index in [0.29, 0.717) is 6.42 Å². The molecule has 0 heterocycles. The van der Waals surface area contributed by atoms with Crippen LogP contribution in [0.4, 0.5) is 0 Å². The molecule has 72 valence electrons. The summed E-state index contributed by atoms with van der Waals surface area (Å²) in [5.74, 6) is 0.770. The third-order valence-electron chi connectivity index (χ3n) is 1.72. The van der Waals surface area contributed by atoms with Crippen molar-refractivity contribution in [2.45, 2.75) is 12.5 Å². The number of aliphatic hydroxyl groups is 1. The second-order valence-corrected chi connectivity index (χ2v) is 4.29. The van der Waals surface area contributed by atoms with Gasteiger partial charge in [-0.2, -0.15) is 11.8 Å². The minimum absolute atomic E-state index is 0.270. The van der Waals surface area contributed by atoms with E-state index in [9.17, 15) is 5.11 Å². The Labute approximate surface area is 88.1 Å². The standard InChI is InChI=1S/C10H13ClOS/c1-13-7-10(12)6-8-3-2-4-9(11)5-8/h2-5,10,12H,6-7H2,1H3. The second kappa shape index (κ2) is 5.53. The van der Waals surface area contributed by atoms with Crippen LogP contribution in [0, 0.1) is 0 Å². The quantitative estimate of drug-likeness (QED) is 0.835. The smallest absolute Gasteiger partial charge is 0.0670 e. The fraction of sp³-hybridized carbons (Fsp3) is 0.400. The highest BCUT2D eigenvalue weighted by molar-refractivity contribution is 7.98. The molecule has 1 aromatic rings. The van der Waals surface area contributed by atoms with Gasteiger partial charge in [-0.1, -0.05) is 23.7 Å². The van der Waals surface area contributed by atoms with E-state index in [4.69, 9.17) is 11.6 Å². The van der Waals surface area contributed by atoms with Crippen LogP contribution in [0.1, 0.15) is 5.56 Å². The van der Waals surface area contributed by atoms with Crippen molar-refractivity contribution < 1.29 is 5.11 Å². The van der Waals surface area contributed by atoms with Crippen LogP contribution in [0.3, 0.4) is 0 Å². The molecule has 1 N–H and O–H groups in total. The van der Waals surface area contributed by atoms with Crippen molar-refractivity contribution in [1.82, 2.24) is 0 Å². The van der Waals surface area contributed by atoms with Crippen LogP contribution >= 0.6 is 23.4 Å². The van der Waals surface area contributed by atoms with Crippen LogP contribution in [0.15, 0.2) is 24.3 Å². The lowest BCUT2D eigenvalue weighted by molar-refractivity contribution is 0.200. The van der Waals surface area contributed by atoms with E-state index in [-0.39, 0.29) is 6.10 Å². The highest BCUT2D eigenvalue weighted by atomic mass is 35.5. The van der Waals surface area contributed by atoms with E-state index in [2.05, 4.69) is 0 Å². The summed E-state index contributed by atoms with van der Waals surface area (Å²) in [5.41, 5.74) is 1.09. The van der Waals surface area contributed by atoms with E-state index in [1.165, 1.54) is 0 Å². The number of rotatable bonds is 4. The maximum Gasteiger partial charge on any atom is 0.0670 e. The van der Waals surface area contributed by atoms with Crippen LogP contribution < -0.4 is 0 Å². The fourth-order valence-electron chi connectivity index (χ4n) is 1.19. The van der Waals surface area contributed by atoms with Gasteiger partial charge in [0, 0.05) is 10.8 Å². The molecule has 0 saturated carbocycles. The summed E-state index contributed by atoms with van der Waals surface area (Å²) in [4.78, 5) is 0. The normalized spacial score (nSPS) is 12.8. The average Bonchev–Trinajstić information content (AvgIpc) is 2.04. The first-order chi connectivity index (χ1) is 6.22. The molecule has 1 unspecified atom stereocenters. The van der Waals surface area contributed by atoms with E-state index in [1.54, 1.807) is 11.8 Å². The van der Waals surface area contributed by atoms with Crippen LogP contribution in [0.2, 0.25) is 5.02 Å². The molecule has 3 heteroatoms. The average molecular weight is 217 g/mol. The molecule has 13 heavy (non-hydrogen) atoms. The van der Waals surface area contributed by atoms with Crippen LogP contribution in [0.25, 0.3) is 0 Å². The van der Waals surface area contributed by atoms with Gasteiger partial charge in [0.2, 0.25) is 0 Å². The van der Waals surface area contributed by atoms with Crippen molar-refractivity contribution >= 4 is 23.4 Å². The van der Waals surface area contributed by atoms with Crippen molar-refractivity contribution in [3.8, 4) is 0 Å². The first-order valence-corrected chi connectivity index (χ1v) is 5.91. The van der Waals surface area contributed by atoms with Crippen molar-refractivity contribution in [2.24, 2.45) is 0 Å². The highest BCUT2D eigenvalue weighted by Crippen LogP contribution is 2.13. The van der Waals surface area contributed by atoms with Crippen molar-refractivity contribution in [3.63, 3.8) is 0 Å². The molecule has 0 aliphatic rings. The molecule has 0 fully saturated rings. The summed E-state index contributed by atoms with van der Waals surface area (Å²) in [6.45, 7) is 0. The molecule has 0 aliphatic carbocycles. The molecule has 0 bridgehead atoms. The number of thioether (sulfide) groups is 1. The van der Waals surface area contributed by atoms with E-state index in [0.717, 1.165) is 16.3 Å². The molecule has 1 rings (SSSR count). The Bertz CT molecular complexity index is 265. The molecule has 0 radical (unpaired) electrons. The van der Waals surface area contributed by atoms with E-state index >= 15 is 0 Å². The Balaban J connectivity index is 2.53. The van der Waals surface area contributed by atoms with Crippen LogP contribution in [-0.2, 0) is 6.42 Å². The second-order valence-electron chi connectivity index (χ2n) is 2.94. The summed E-state index contributed by atoms with van der Waals surface area (Å²) in [6.07, 6.45) is 2.40. The number of hydrogen-bond donors (Lipinski definition) is 1. The highest BCUT2D eigenvalue weighted by Gasteiger charge is 2.04. The fourth-order valence-corrected chi connectivity index (χ4v) is 1.90. The SMILES string of the molecule is CSCC(O)Cc1cccc(Cl)c1. The van der Waals surface area contributed by atoms with Gasteiger partial charge < -0.3 is 5.11 Å². The summed E-state index contributed by atoms with van der Waals surface area (Å²) in [5, 5.41) is 10.3. The van der Waals surface area contributed by atoms with E-state index < -0.39 is 0 Å². The van der Waals surface area contributed by atoms with E-state index in [1.807, 2.05) is 30.5 Å². The Morgan fingerprint density at radius 3 is 2.92 bits per heavy atom. The minimum atomic E-state index is -0.270. The molecule has 0 aromatic heterocycles. The van der Waals surface area contributed by atoms with Gasteiger partial charge in [0.25, 0.3) is 0 Å². The van der Waals surface area contributed by atoms with Crippen LogP contribution in [0.5, 0.6) is 0 Å². The molecule has 0 spiro atoms. The lowest BCUT2D eigenvalue weighted by Crippen LogP contribution is -2.13. The van der Waals surface area contributed by atoms with Gasteiger partial charge in [-0.3, -0.25) is 0 Å². The summed E-state index contributed by atoms with van der Waals surface area (Å²) < 4.78 is 0. The van der Waals surface area contributed by atoms with Gasteiger partial charge in [-0.25, -0.2) is 0 Å². The van der Waals surface area contributed by atoms with Crippen molar-refractivity contribution in [3.05, 3.63) is 34.9 Å². The minimum Gasteiger partial charge on any atom is -0.392 e. The topological polar surface area (TPSA) is 20.2 Å². The maximum absolute atomic E-state index is 9.53. The van der Waals surface area contributed by atoms with Crippen molar-refractivity contribution in [2.75, 3.05) is 12.0 Å². The number of halogens is 1. The summed E-state index contributed by atoms with van der Waals surface area (Å²) in [7, 11) is 0. The summed E-state index contributed by atoms with van der Waals surface area (Å²) >= 11 is 7.47. The zero-order valence-electron chi connectivity index (χ0n) is 7.53. The molecule has 1 aromatic carbocycles. The predicted octanol–water partition coefficient (Wildman–Crippen LogP) is 2.61. The molecule has 0 saturated heterocycles. The van der Waals surface area contributed by atoms with Crippen molar-refractivity contribution in [1.29, 1.82) is 0 Å². The monoisotopic (exact) mass is 216 g/mol. The maximum atomic E-state index is 9.53. The lowest BCUT2D eigenvalue weighted by atomic mass is 10.1. The predicted molar refractivity (Wildman–Crippen MR) is 59.5 cm³/mol. The molecule has 0 aliphatic heterocycles. The Morgan fingerprint density at radius 1 is 1.54 bits per heavy atom. The molecular weight excluding hydrogens is 204 g/mol. The van der Waals surface area contributed by atoms with Crippen LogP contribution in [-0.4, -0.2) is 23.2 Å². The number of benzene rings is 1. The zero-order valence-corrected chi connectivity index (χ0v) is 9.11. The Kier molecular flexibility index (Phi) is 4.64. The first kappa shape index (κ1) is 10.9. The Morgan fingerprint density at radius 2 is 2.31 bits per heavy atom. The largest absolute Gasteiger partial charge is 0.392 e. The summed E-state index contributed by atoms with van der Waals surface area (Å²) in [6, 6.07) is 7.62. The molecular formula is C10H13ClOS. The molecule has 1 nitrogen and oxygen atoms in total. The number of aliphatic hydroxyl groups excluding tert-OH is 1. The lowest BCUT2D eigenvalue weighted by Gasteiger charge is -2.08. The van der Waals surface area contributed by atoms with Gasteiger partial charge >= 0.3 is 0 Å². The first-order valence-electron chi connectivity index (χ1n) is 4.14. The van der Waals surface area contributed by atoms with Gasteiger partial charge in [0.1, 0.15) is 0 Å². The molecule has 1 atom stereocenters. The zero-order chi connectivity index (χ0) is 9.68. The van der Waals surface area contributed by atoms with Gasteiger partial charge in [-0.05, 0) is 30.4 Å². The molecule has 0 amide bonds. The number of hydrogen-bond acceptors (Lipinski definition) is 2. The third kappa shape index (κ3) is 4.03. The Hall–Kier alpha value is -0.180. The van der Waals surface area contributed by atoms with Gasteiger partial charge in [-0.15, -0.1) is 0 Å². The van der Waals surface area contributed by atoms with Gasteiger partial charge in [0.05, 0.1) is 6.10 Å². The van der Waals surface area contributed by atoms with Gasteiger partial charge in [0.15, 0.2) is 0 Å². The third-order valence-corrected chi connectivity index (χ3v) is 2.67.